The van der Waals surface area contributed by atoms with Gasteiger partial charge in [-0.05, 0) is 19.8 Å². The minimum absolute atomic E-state index is 0.356. The molecule has 4 rings (SSSR count). The fourth-order valence-electron chi connectivity index (χ4n) is 3.14. The lowest BCUT2D eigenvalue weighted by molar-refractivity contribution is 0.490. The fourth-order valence-corrected chi connectivity index (χ4v) is 3.14. The Balaban J connectivity index is 1.68. The van der Waals surface area contributed by atoms with Crippen LogP contribution in [0.1, 0.15) is 31.5 Å². The first-order valence-corrected chi connectivity index (χ1v) is 7.63. The van der Waals surface area contributed by atoms with Crippen molar-refractivity contribution in [1.82, 2.24) is 34.7 Å². The summed E-state index contributed by atoms with van der Waals surface area (Å²) in [6.45, 7) is 4.80. The number of nitrogens with one attached hydrogen (secondary N) is 1. The van der Waals surface area contributed by atoms with Crippen molar-refractivity contribution >= 4 is 17.0 Å². The molecule has 8 nitrogen and oxygen atoms in total. The van der Waals surface area contributed by atoms with Gasteiger partial charge in [0.1, 0.15) is 18.5 Å². The fraction of sp³-hybridized carbons (Fsp3) is 0.500. The number of fused-ring (bicyclic) bond motifs is 1. The quantitative estimate of drug-likeness (QED) is 0.785. The zero-order valence-electron chi connectivity index (χ0n) is 12.5. The summed E-state index contributed by atoms with van der Waals surface area (Å²) in [6.07, 6.45) is 7.25. The molecule has 0 aromatic carbocycles. The largest absolute Gasteiger partial charge is 0.354 e. The highest BCUT2D eigenvalue weighted by molar-refractivity contribution is 5.83. The van der Waals surface area contributed by atoms with Crippen LogP contribution in [-0.4, -0.2) is 47.8 Å². The van der Waals surface area contributed by atoms with Gasteiger partial charge >= 0.3 is 0 Å². The highest BCUT2D eigenvalue weighted by atomic mass is 15.2. The molecule has 1 N–H and O–H groups in total. The van der Waals surface area contributed by atoms with Crippen LogP contribution in [0.4, 0.5) is 5.82 Å². The molecule has 1 fully saturated rings. The molecule has 8 heteroatoms. The van der Waals surface area contributed by atoms with Crippen LogP contribution in [0.5, 0.6) is 0 Å². The number of nitrogens with zero attached hydrogens (tertiary/aromatic N) is 7. The molecular formula is C14H18N8. The molecule has 3 aromatic heterocycles. The molecule has 0 saturated carbocycles. The van der Waals surface area contributed by atoms with Crippen LogP contribution in [0.25, 0.3) is 11.2 Å². The van der Waals surface area contributed by atoms with E-state index in [1.54, 1.807) is 12.7 Å². The summed E-state index contributed by atoms with van der Waals surface area (Å²) < 4.78 is 2.04. The maximum atomic E-state index is 4.51. The van der Waals surface area contributed by atoms with Crippen LogP contribution < -0.4 is 4.90 Å². The van der Waals surface area contributed by atoms with Crippen molar-refractivity contribution in [3.8, 4) is 0 Å². The second-order valence-corrected chi connectivity index (χ2v) is 5.56. The molecular weight excluding hydrogens is 280 g/mol. The average Bonchev–Trinajstić information content (AvgIpc) is 3.24. The van der Waals surface area contributed by atoms with Crippen LogP contribution in [0.15, 0.2) is 19.0 Å². The summed E-state index contributed by atoms with van der Waals surface area (Å²) in [5, 5.41) is 6.95. The second kappa shape index (κ2) is 5.36. The van der Waals surface area contributed by atoms with E-state index in [9.17, 15) is 0 Å². The lowest BCUT2D eigenvalue weighted by atomic mass is 9.97. The first kappa shape index (κ1) is 13.2. The highest BCUT2D eigenvalue weighted by Gasteiger charge is 2.26. The lowest BCUT2D eigenvalue weighted by Gasteiger charge is -2.32. The van der Waals surface area contributed by atoms with Crippen LogP contribution in [0.2, 0.25) is 0 Å². The predicted molar refractivity (Wildman–Crippen MR) is 81.6 cm³/mol. The Morgan fingerprint density at radius 3 is 3.00 bits per heavy atom. The standard InChI is InChI=1S/C14H18N8/c1-2-21-9-18-11-13(21)16-7-17-14(11)22-5-3-4-10(6-22)12-15-8-19-20-12/h7-10H,2-6H2,1H3,(H,15,19,20)/t10-/m0/s1. The zero-order chi connectivity index (χ0) is 14.9. The maximum absolute atomic E-state index is 4.51. The molecule has 22 heavy (non-hydrogen) atoms. The van der Waals surface area contributed by atoms with Gasteiger partial charge in [-0.15, -0.1) is 0 Å². The van der Waals surface area contributed by atoms with E-state index in [0.717, 1.165) is 55.3 Å². The first-order chi connectivity index (χ1) is 10.9. The summed E-state index contributed by atoms with van der Waals surface area (Å²) in [4.78, 5) is 20.0. The van der Waals surface area contributed by atoms with E-state index in [0.29, 0.717) is 5.92 Å². The van der Waals surface area contributed by atoms with E-state index in [-0.39, 0.29) is 0 Å². The van der Waals surface area contributed by atoms with Gasteiger partial charge in [0.15, 0.2) is 17.0 Å². The van der Waals surface area contributed by atoms with Gasteiger partial charge in [0.2, 0.25) is 0 Å². The predicted octanol–water partition coefficient (Wildman–Crippen LogP) is 1.35. The molecule has 0 spiro atoms. The monoisotopic (exact) mass is 298 g/mol. The number of rotatable bonds is 3. The molecule has 0 unspecified atom stereocenters. The summed E-state index contributed by atoms with van der Waals surface area (Å²) in [6, 6.07) is 0. The Hall–Kier alpha value is -2.51. The van der Waals surface area contributed by atoms with Gasteiger partial charge in [-0.1, -0.05) is 0 Å². The smallest absolute Gasteiger partial charge is 0.165 e. The van der Waals surface area contributed by atoms with Gasteiger partial charge in [-0.25, -0.2) is 19.9 Å². The molecule has 0 bridgehead atoms. The highest BCUT2D eigenvalue weighted by Crippen LogP contribution is 2.29. The average molecular weight is 298 g/mol. The number of aromatic amines is 1. The van der Waals surface area contributed by atoms with Crippen LogP contribution >= 0.6 is 0 Å². The van der Waals surface area contributed by atoms with Gasteiger partial charge in [-0.3, -0.25) is 5.10 Å². The van der Waals surface area contributed by atoms with E-state index in [1.165, 1.54) is 0 Å². The molecule has 1 saturated heterocycles. The van der Waals surface area contributed by atoms with Gasteiger partial charge in [0.05, 0.1) is 6.33 Å². The van der Waals surface area contributed by atoms with E-state index in [1.807, 2.05) is 10.9 Å². The van der Waals surface area contributed by atoms with Crippen molar-refractivity contribution < 1.29 is 0 Å². The topological polar surface area (TPSA) is 88.4 Å². The van der Waals surface area contributed by atoms with Crippen LogP contribution in [0, 0.1) is 0 Å². The third-order valence-electron chi connectivity index (χ3n) is 4.26. The zero-order valence-corrected chi connectivity index (χ0v) is 12.5. The third kappa shape index (κ3) is 2.11. The van der Waals surface area contributed by atoms with Crippen molar-refractivity contribution in [1.29, 1.82) is 0 Å². The molecule has 3 aromatic rings. The van der Waals surface area contributed by atoms with Gasteiger partial charge < -0.3 is 9.47 Å². The van der Waals surface area contributed by atoms with E-state index in [4.69, 9.17) is 0 Å². The van der Waals surface area contributed by atoms with E-state index in [2.05, 4.69) is 42.0 Å². The number of anilines is 1. The van der Waals surface area contributed by atoms with Crippen molar-refractivity contribution in [2.75, 3.05) is 18.0 Å². The first-order valence-electron chi connectivity index (χ1n) is 7.63. The Morgan fingerprint density at radius 1 is 1.23 bits per heavy atom. The van der Waals surface area contributed by atoms with E-state index < -0.39 is 0 Å². The second-order valence-electron chi connectivity index (χ2n) is 5.56. The van der Waals surface area contributed by atoms with Crippen molar-refractivity contribution in [3.63, 3.8) is 0 Å². The minimum Gasteiger partial charge on any atom is -0.354 e. The van der Waals surface area contributed by atoms with Crippen molar-refractivity contribution in [2.45, 2.75) is 32.2 Å². The number of aryl methyl sites for hydroxylation is 1. The Bertz CT molecular complexity index is 762. The Kier molecular flexibility index (Phi) is 3.21. The number of hydrogen-bond donors (Lipinski definition) is 1. The molecule has 1 aliphatic heterocycles. The molecule has 0 radical (unpaired) electrons. The Morgan fingerprint density at radius 2 is 2.18 bits per heavy atom. The third-order valence-corrected chi connectivity index (χ3v) is 4.26. The SMILES string of the molecule is CCn1cnc2c(N3CCC[C@H](c4ncn[nH]4)C3)ncnc21. The number of imidazole rings is 1. The number of piperidine rings is 1. The van der Waals surface area contributed by atoms with Gasteiger partial charge in [0.25, 0.3) is 0 Å². The Labute approximate surface area is 127 Å². The summed E-state index contributed by atoms with van der Waals surface area (Å²) in [7, 11) is 0. The maximum Gasteiger partial charge on any atom is 0.165 e. The molecule has 0 aliphatic carbocycles. The normalized spacial score (nSPS) is 19.0. The summed E-state index contributed by atoms with van der Waals surface area (Å²) in [5.41, 5.74) is 1.77. The molecule has 0 amide bonds. The molecule has 1 atom stereocenters. The van der Waals surface area contributed by atoms with E-state index >= 15 is 0 Å². The van der Waals surface area contributed by atoms with Crippen LogP contribution in [0.3, 0.4) is 0 Å². The van der Waals surface area contributed by atoms with Crippen molar-refractivity contribution in [2.24, 2.45) is 0 Å². The van der Waals surface area contributed by atoms with Crippen molar-refractivity contribution in [3.05, 3.63) is 24.8 Å². The van der Waals surface area contributed by atoms with Gasteiger partial charge in [0, 0.05) is 25.6 Å². The molecule has 4 heterocycles. The molecule has 114 valence electrons. The number of hydrogen-bond acceptors (Lipinski definition) is 6. The number of aromatic nitrogens is 7. The molecule has 1 aliphatic rings. The minimum atomic E-state index is 0.356. The summed E-state index contributed by atoms with van der Waals surface area (Å²) >= 11 is 0. The number of H-pyrrole nitrogens is 1. The van der Waals surface area contributed by atoms with Gasteiger partial charge in [-0.2, -0.15) is 5.10 Å². The van der Waals surface area contributed by atoms with Crippen LogP contribution in [-0.2, 0) is 6.54 Å². The lowest BCUT2D eigenvalue weighted by Crippen LogP contribution is -2.35. The summed E-state index contributed by atoms with van der Waals surface area (Å²) in [5.74, 6) is 2.23.